The Balaban J connectivity index is 1.83. The molecule has 1 aliphatic heterocycles. The van der Waals surface area contributed by atoms with Gasteiger partial charge in [-0.3, -0.25) is 0 Å². The third-order valence-corrected chi connectivity index (χ3v) is 5.04. The first-order valence-electron chi connectivity index (χ1n) is 9.00. The second-order valence-corrected chi connectivity index (χ2v) is 6.97. The molecule has 0 N–H and O–H groups in total. The number of hydrogen-bond donors (Lipinski definition) is 0. The monoisotopic (exact) mass is 379 g/mol. The molecule has 1 fully saturated rings. The molecule has 3 aromatic rings. The number of piperidine rings is 1. The average molecular weight is 379 g/mol. The molecule has 3 aromatic heterocycles. The molecule has 0 radical (unpaired) electrons. The smallest absolute Gasteiger partial charge is 0.433 e. The van der Waals surface area contributed by atoms with Gasteiger partial charge in [-0.2, -0.15) is 27.8 Å². The summed E-state index contributed by atoms with van der Waals surface area (Å²) in [4.78, 5) is 9.40. The third-order valence-electron chi connectivity index (χ3n) is 5.04. The summed E-state index contributed by atoms with van der Waals surface area (Å²) in [6.07, 6.45) is -0.909. The highest BCUT2D eigenvalue weighted by atomic mass is 19.4. The Kier molecular flexibility index (Phi) is 4.32. The third kappa shape index (κ3) is 3.26. The Morgan fingerprint density at radius 3 is 2.81 bits per heavy atom. The maximum atomic E-state index is 13.3. The average Bonchev–Trinajstić information content (AvgIpc) is 3.29. The molecule has 2 atom stereocenters. The van der Waals surface area contributed by atoms with Gasteiger partial charge in [0.05, 0.1) is 6.04 Å². The number of halogens is 3. The Morgan fingerprint density at radius 2 is 2.11 bits per heavy atom. The van der Waals surface area contributed by atoms with Gasteiger partial charge in [-0.1, -0.05) is 13.8 Å². The van der Waals surface area contributed by atoms with E-state index in [4.69, 9.17) is 4.42 Å². The van der Waals surface area contributed by atoms with Crippen molar-refractivity contribution in [1.29, 1.82) is 0 Å². The van der Waals surface area contributed by atoms with Crippen molar-refractivity contribution in [3.63, 3.8) is 0 Å². The Morgan fingerprint density at radius 1 is 1.30 bits per heavy atom. The van der Waals surface area contributed by atoms with Gasteiger partial charge in [0, 0.05) is 19.0 Å². The van der Waals surface area contributed by atoms with Crippen LogP contribution in [0.1, 0.15) is 49.9 Å². The van der Waals surface area contributed by atoms with Crippen LogP contribution >= 0.6 is 0 Å². The number of nitrogens with zero attached hydrogens (tertiary/aromatic N) is 5. The van der Waals surface area contributed by atoms with Gasteiger partial charge in [-0.25, -0.2) is 4.98 Å². The van der Waals surface area contributed by atoms with E-state index in [0.29, 0.717) is 18.3 Å². The van der Waals surface area contributed by atoms with Gasteiger partial charge in [0.15, 0.2) is 5.69 Å². The maximum absolute atomic E-state index is 13.3. The predicted molar refractivity (Wildman–Crippen MR) is 92.4 cm³/mol. The highest BCUT2D eigenvalue weighted by molar-refractivity contribution is 5.50. The van der Waals surface area contributed by atoms with Crippen LogP contribution in [0, 0.1) is 5.92 Å². The number of furan rings is 1. The molecule has 2 unspecified atom stereocenters. The fourth-order valence-electron chi connectivity index (χ4n) is 3.60. The number of hydrogen-bond acceptors (Lipinski definition) is 5. The fourth-order valence-corrected chi connectivity index (χ4v) is 3.60. The van der Waals surface area contributed by atoms with Crippen molar-refractivity contribution < 1.29 is 17.6 Å². The van der Waals surface area contributed by atoms with E-state index in [1.54, 1.807) is 0 Å². The molecule has 4 rings (SSSR count). The van der Waals surface area contributed by atoms with Gasteiger partial charge in [-0.15, -0.1) is 0 Å². The van der Waals surface area contributed by atoms with Crippen LogP contribution < -0.4 is 4.90 Å². The number of alkyl halides is 3. The Hall–Kier alpha value is -2.58. The summed E-state index contributed by atoms with van der Waals surface area (Å²) in [5.41, 5.74) is -0.968. The van der Waals surface area contributed by atoms with E-state index < -0.39 is 11.9 Å². The van der Waals surface area contributed by atoms with Crippen molar-refractivity contribution in [1.82, 2.24) is 19.6 Å². The van der Waals surface area contributed by atoms with Crippen molar-refractivity contribution in [2.75, 3.05) is 11.4 Å². The second-order valence-electron chi connectivity index (χ2n) is 6.97. The van der Waals surface area contributed by atoms with E-state index in [0.717, 1.165) is 36.8 Å². The minimum Gasteiger partial charge on any atom is -0.464 e. The maximum Gasteiger partial charge on any atom is 0.433 e. The number of aryl methyl sites for hydroxylation is 1. The number of rotatable bonds is 3. The lowest BCUT2D eigenvalue weighted by Crippen LogP contribution is -2.37. The molecule has 6 nitrogen and oxygen atoms in total. The molecular formula is C18H20F3N5O. The molecule has 4 heterocycles. The lowest BCUT2D eigenvalue weighted by Gasteiger charge is -2.39. The predicted octanol–water partition coefficient (Wildman–Crippen LogP) is 4.28. The van der Waals surface area contributed by atoms with Crippen LogP contribution in [0.3, 0.4) is 0 Å². The van der Waals surface area contributed by atoms with E-state index in [2.05, 4.69) is 22.0 Å². The second kappa shape index (κ2) is 6.54. The molecular weight excluding hydrogens is 359 g/mol. The minimum absolute atomic E-state index is 0.0640. The van der Waals surface area contributed by atoms with Crippen molar-refractivity contribution in [2.24, 2.45) is 5.92 Å². The highest BCUT2D eigenvalue weighted by Gasteiger charge is 2.37. The normalized spacial score (nSPS) is 21.1. The molecule has 0 saturated carbocycles. The first-order chi connectivity index (χ1) is 12.9. The number of aromatic nitrogens is 4. The van der Waals surface area contributed by atoms with Gasteiger partial charge in [0.1, 0.15) is 23.7 Å². The molecule has 27 heavy (non-hydrogen) atoms. The standard InChI is InChI=1S/C18H20F3N5O/c1-3-12-4-5-14(27-12)13-8-11(2)6-7-25(13)16-9-15(18(19,20)21)24-17-22-10-23-26(16)17/h4-5,9-11,13H,3,6-8H2,1-2H3. The number of fused-ring (bicyclic) bond motifs is 1. The zero-order valence-corrected chi connectivity index (χ0v) is 15.1. The Labute approximate surface area is 154 Å². The summed E-state index contributed by atoms with van der Waals surface area (Å²) in [6.45, 7) is 4.75. The summed E-state index contributed by atoms with van der Waals surface area (Å²) in [7, 11) is 0. The summed E-state index contributed by atoms with van der Waals surface area (Å²) < 4.78 is 47.3. The summed E-state index contributed by atoms with van der Waals surface area (Å²) in [6, 6.07) is 4.73. The van der Waals surface area contributed by atoms with Crippen LogP contribution in [0.2, 0.25) is 0 Å². The topological polar surface area (TPSA) is 59.5 Å². The van der Waals surface area contributed by atoms with Crippen LogP contribution in [0.15, 0.2) is 28.9 Å². The van der Waals surface area contributed by atoms with Gasteiger partial charge in [0.25, 0.3) is 5.78 Å². The molecule has 1 saturated heterocycles. The summed E-state index contributed by atoms with van der Waals surface area (Å²) in [5.74, 6) is 2.33. The van der Waals surface area contributed by atoms with Gasteiger partial charge >= 0.3 is 6.18 Å². The lowest BCUT2D eigenvalue weighted by molar-refractivity contribution is -0.141. The largest absolute Gasteiger partial charge is 0.464 e. The van der Waals surface area contributed by atoms with Gasteiger partial charge in [-0.05, 0) is 30.9 Å². The molecule has 0 spiro atoms. The van der Waals surface area contributed by atoms with Crippen molar-refractivity contribution in [2.45, 2.75) is 45.3 Å². The quantitative estimate of drug-likeness (QED) is 0.680. The van der Waals surface area contributed by atoms with E-state index >= 15 is 0 Å². The van der Waals surface area contributed by atoms with Crippen molar-refractivity contribution in [3.05, 3.63) is 41.7 Å². The fraction of sp³-hybridized carbons (Fsp3) is 0.500. The molecule has 1 aliphatic rings. The number of anilines is 1. The van der Waals surface area contributed by atoms with E-state index in [1.165, 1.54) is 10.8 Å². The zero-order chi connectivity index (χ0) is 19.2. The van der Waals surface area contributed by atoms with E-state index in [-0.39, 0.29) is 11.8 Å². The summed E-state index contributed by atoms with van der Waals surface area (Å²) >= 11 is 0. The minimum atomic E-state index is -4.55. The van der Waals surface area contributed by atoms with Crippen molar-refractivity contribution in [3.8, 4) is 0 Å². The van der Waals surface area contributed by atoms with Crippen LogP contribution in [-0.2, 0) is 12.6 Å². The first kappa shape index (κ1) is 17.8. The molecule has 9 heteroatoms. The van der Waals surface area contributed by atoms with Gasteiger partial charge < -0.3 is 9.32 Å². The SMILES string of the molecule is CCc1ccc(C2CC(C)CCN2c2cc(C(F)(F)F)nc3ncnn23)o1. The van der Waals surface area contributed by atoms with E-state index in [9.17, 15) is 13.2 Å². The van der Waals surface area contributed by atoms with Crippen LogP contribution in [0.4, 0.5) is 19.0 Å². The summed E-state index contributed by atoms with van der Waals surface area (Å²) in [5, 5.41) is 4.09. The molecule has 144 valence electrons. The van der Waals surface area contributed by atoms with Crippen molar-refractivity contribution >= 4 is 11.6 Å². The molecule has 0 aliphatic carbocycles. The first-order valence-corrected chi connectivity index (χ1v) is 9.00. The van der Waals surface area contributed by atoms with Crippen LogP contribution in [0.5, 0.6) is 0 Å². The van der Waals surface area contributed by atoms with Gasteiger partial charge in [0.2, 0.25) is 0 Å². The van der Waals surface area contributed by atoms with E-state index in [1.807, 2.05) is 24.0 Å². The highest BCUT2D eigenvalue weighted by Crippen LogP contribution is 2.39. The molecule has 0 aromatic carbocycles. The Bertz CT molecular complexity index is 948. The van der Waals surface area contributed by atoms with Crippen LogP contribution in [0.25, 0.3) is 5.78 Å². The lowest BCUT2D eigenvalue weighted by atomic mass is 9.91. The zero-order valence-electron chi connectivity index (χ0n) is 15.1. The molecule has 0 amide bonds. The molecule has 0 bridgehead atoms. The van der Waals surface area contributed by atoms with Crippen LogP contribution in [-0.4, -0.2) is 26.1 Å².